The number of benzene rings is 1. The molecule has 6 nitrogen and oxygen atoms in total. The highest BCUT2D eigenvalue weighted by molar-refractivity contribution is 7.20. The summed E-state index contributed by atoms with van der Waals surface area (Å²) in [4.78, 5) is 25.0. The topological polar surface area (TPSA) is 84.6 Å². The summed E-state index contributed by atoms with van der Waals surface area (Å²) in [6.07, 6.45) is 1.59. The van der Waals surface area contributed by atoms with Gasteiger partial charge in [0.25, 0.3) is 11.6 Å². The summed E-state index contributed by atoms with van der Waals surface area (Å²) in [5.41, 5.74) is 2.48. The van der Waals surface area contributed by atoms with Crippen molar-refractivity contribution in [3.05, 3.63) is 61.1 Å². The van der Waals surface area contributed by atoms with E-state index in [0.717, 1.165) is 9.58 Å². The van der Waals surface area contributed by atoms with Gasteiger partial charge in [-0.25, -0.2) is 5.43 Å². The van der Waals surface area contributed by atoms with Gasteiger partial charge in [0, 0.05) is 32.0 Å². The Kier molecular flexibility index (Phi) is 4.18. The average molecular weight is 345 g/mol. The third-order valence-corrected chi connectivity index (χ3v) is 5.10. The summed E-state index contributed by atoms with van der Waals surface area (Å²) in [5.74, 6) is -0.335. The van der Waals surface area contributed by atoms with Gasteiger partial charge in [0.05, 0.1) is 16.0 Å². The maximum absolute atomic E-state index is 12.1. The minimum absolute atomic E-state index is 0.00773. The van der Waals surface area contributed by atoms with Crippen molar-refractivity contribution in [3.8, 4) is 0 Å². The van der Waals surface area contributed by atoms with Crippen LogP contribution in [0, 0.1) is 17.0 Å². The second kappa shape index (κ2) is 6.27. The van der Waals surface area contributed by atoms with Crippen molar-refractivity contribution in [2.45, 2.75) is 6.92 Å². The Balaban J connectivity index is 1.75. The SMILES string of the molecule is Cc1ccc(/C=N\NC(=O)c2cc3cc([N+](=O)[O-])ccc3s2)s1. The molecule has 3 aromatic rings. The first-order valence-electron chi connectivity index (χ1n) is 6.61. The molecule has 0 bridgehead atoms. The van der Waals surface area contributed by atoms with E-state index < -0.39 is 4.92 Å². The van der Waals surface area contributed by atoms with Gasteiger partial charge >= 0.3 is 0 Å². The van der Waals surface area contributed by atoms with Crippen LogP contribution in [-0.2, 0) is 0 Å². The number of nitrogens with one attached hydrogen (secondary N) is 1. The van der Waals surface area contributed by atoms with Gasteiger partial charge in [0.2, 0.25) is 0 Å². The van der Waals surface area contributed by atoms with Crippen molar-refractivity contribution in [1.29, 1.82) is 0 Å². The fraction of sp³-hybridized carbons (Fsp3) is 0.0667. The molecular formula is C15H11N3O3S2. The molecule has 1 amide bonds. The van der Waals surface area contributed by atoms with Gasteiger partial charge in [-0.15, -0.1) is 22.7 Å². The van der Waals surface area contributed by atoms with E-state index >= 15 is 0 Å². The number of hydrazone groups is 1. The lowest BCUT2D eigenvalue weighted by Gasteiger charge is -1.94. The molecule has 1 aromatic carbocycles. The van der Waals surface area contributed by atoms with E-state index in [1.807, 2.05) is 19.1 Å². The van der Waals surface area contributed by atoms with Crippen molar-refractivity contribution < 1.29 is 9.72 Å². The van der Waals surface area contributed by atoms with Gasteiger partial charge in [-0.2, -0.15) is 5.10 Å². The average Bonchev–Trinajstić information content (AvgIpc) is 3.12. The standard InChI is InChI=1S/C15H11N3O3S2/c1-9-2-4-12(22-9)8-16-17-15(19)14-7-10-6-11(18(20)21)3-5-13(10)23-14/h2-8H,1H3,(H,17,19)/b16-8-. The minimum Gasteiger partial charge on any atom is -0.266 e. The van der Waals surface area contributed by atoms with E-state index in [2.05, 4.69) is 10.5 Å². The van der Waals surface area contributed by atoms with Crippen LogP contribution in [0.5, 0.6) is 0 Å². The third-order valence-electron chi connectivity index (χ3n) is 3.05. The second-order valence-electron chi connectivity index (χ2n) is 4.74. The first-order chi connectivity index (χ1) is 11.0. The van der Waals surface area contributed by atoms with Gasteiger partial charge in [0.15, 0.2) is 0 Å². The predicted molar refractivity (Wildman–Crippen MR) is 92.6 cm³/mol. The molecule has 116 valence electrons. The second-order valence-corrected chi connectivity index (χ2v) is 7.14. The van der Waals surface area contributed by atoms with Gasteiger partial charge < -0.3 is 0 Å². The van der Waals surface area contributed by atoms with Crippen molar-refractivity contribution in [1.82, 2.24) is 5.43 Å². The fourth-order valence-electron chi connectivity index (χ4n) is 1.99. The largest absolute Gasteiger partial charge is 0.281 e. The van der Waals surface area contributed by atoms with E-state index in [1.54, 1.807) is 29.7 Å². The molecule has 0 unspecified atom stereocenters. The Hall–Kier alpha value is -2.58. The molecule has 0 aliphatic rings. The zero-order chi connectivity index (χ0) is 16.4. The highest BCUT2D eigenvalue weighted by Crippen LogP contribution is 2.28. The Labute approximate surface area is 139 Å². The molecule has 1 N–H and O–H groups in total. The molecule has 2 heterocycles. The third kappa shape index (κ3) is 3.43. The van der Waals surface area contributed by atoms with Crippen LogP contribution in [0.3, 0.4) is 0 Å². The van der Waals surface area contributed by atoms with E-state index in [4.69, 9.17) is 0 Å². The minimum atomic E-state index is -0.454. The number of fused-ring (bicyclic) bond motifs is 1. The zero-order valence-corrected chi connectivity index (χ0v) is 13.6. The summed E-state index contributed by atoms with van der Waals surface area (Å²) >= 11 is 2.85. The Bertz CT molecular complexity index is 927. The molecule has 23 heavy (non-hydrogen) atoms. The highest BCUT2D eigenvalue weighted by atomic mass is 32.1. The molecule has 0 aliphatic carbocycles. The maximum atomic E-state index is 12.1. The van der Waals surface area contributed by atoms with Crippen molar-refractivity contribution in [2.24, 2.45) is 5.10 Å². The van der Waals surface area contributed by atoms with Crippen LogP contribution in [-0.4, -0.2) is 17.0 Å². The maximum Gasteiger partial charge on any atom is 0.281 e. The number of carbonyl (C=O) groups excluding carboxylic acids is 1. The normalized spacial score (nSPS) is 11.2. The molecule has 0 radical (unpaired) electrons. The Morgan fingerprint density at radius 1 is 1.26 bits per heavy atom. The van der Waals surface area contributed by atoms with Crippen LogP contribution in [0.1, 0.15) is 19.4 Å². The first-order valence-corrected chi connectivity index (χ1v) is 8.24. The zero-order valence-electron chi connectivity index (χ0n) is 12.0. The summed E-state index contributed by atoms with van der Waals surface area (Å²) < 4.78 is 0.818. The monoisotopic (exact) mass is 345 g/mol. The molecular weight excluding hydrogens is 334 g/mol. The van der Waals surface area contributed by atoms with E-state index in [-0.39, 0.29) is 11.6 Å². The smallest absolute Gasteiger partial charge is 0.266 e. The molecule has 0 spiro atoms. The first kappa shape index (κ1) is 15.3. The Morgan fingerprint density at radius 2 is 2.09 bits per heavy atom. The van der Waals surface area contributed by atoms with E-state index in [1.165, 1.54) is 28.3 Å². The van der Waals surface area contributed by atoms with E-state index in [0.29, 0.717) is 10.3 Å². The van der Waals surface area contributed by atoms with Crippen LogP contribution in [0.15, 0.2) is 41.5 Å². The van der Waals surface area contributed by atoms with Crippen LogP contribution in [0.4, 0.5) is 5.69 Å². The predicted octanol–water partition coefficient (Wildman–Crippen LogP) is 3.94. The number of nitro benzene ring substituents is 1. The molecule has 0 atom stereocenters. The lowest BCUT2D eigenvalue weighted by atomic mass is 10.2. The molecule has 3 rings (SSSR count). The number of non-ortho nitro benzene ring substituents is 1. The molecule has 0 saturated carbocycles. The van der Waals surface area contributed by atoms with Gasteiger partial charge in [-0.1, -0.05) is 0 Å². The van der Waals surface area contributed by atoms with Crippen LogP contribution in [0.2, 0.25) is 0 Å². The number of hydrogen-bond acceptors (Lipinski definition) is 6. The number of nitrogens with zero attached hydrogens (tertiary/aromatic N) is 2. The molecule has 0 fully saturated rings. The number of rotatable bonds is 4. The van der Waals surface area contributed by atoms with Gasteiger partial charge in [0.1, 0.15) is 0 Å². The lowest BCUT2D eigenvalue weighted by Crippen LogP contribution is -2.15. The number of thiophene rings is 2. The molecule has 0 saturated heterocycles. The van der Waals surface area contributed by atoms with Crippen LogP contribution < -0.4 is 5.43 Å². The molecule has 2 aromatic heterocycles. The molecule has 8 heteroatoms. The number of hydrogen-bond donors (Lipinski definition) is 1. The summed E-state index contributed by atoms with van der Waals surface area (Å²) in [6, 6.07) is 10.1. The summed E-state index contributed by atoms with van der Waals surface area (Å²) in [7, 11) is 0. The number of aryl methyl sites for hydroxylation is 1. The number of nitro groups is 1. The lowest BCUT2D eigenvalue weighted by molar-refractivity contribution is -0.384. The van der Waals surface area contributed by atoms with Crippen LogP contribution >= 0.6 is 22.7 Å². The van der Waals surface area contributed by atoms with Gasteiger partial charge in [-0.3, -0.25) is 14.9 Å². The quantitative estimate of drug-likeness (QED) is 0.441. The molecule has 0 aliphatic heterocycles. The summed E-state index contributed by atoms with van der Waals surface area (Å²) in [5, 5.41) is 15.4. The van der Waals surface area contributed by atoms with Crippen molar-refractivity contribution >= 4 is 50.6 Å². The fourth-order valence-corrected chi connectivity index (χ4v) is 3.67. The highest BCUT2D eigenvalue weighted by Gasteiger charge is 2.12. The summed E-state index contributed by atoms with van der Waals surface area (Å²) in [6.45, 7) is 2.00. The van der Waals surface area contributed by atoms with Crippen molar-refractivity contribution in [2.75, 3.05) is 0 Å². The number of carbonyl (C=O) groups is 1. The van der Waals surface area contributed by atoms with Gasteiger partial charge in [-0.05, 0) is 31.2 Å². The van der Waals surface area contributed by atoms with E-state index in [9.17, 15) is 14.9 Å². The Morgan fingerprint density at radius 3 is 2.78 bits per heavy atom. The van der Waals surface area contributed by atoms with Crippen LogP contribution in [0.25, 0.3) is 10.1 Å². The van der Waals surface area contributed by atoms with Crippen molar-refractivity contribution in [3.63, 3.8) is 0 Å². The number of amides is 1.